The van der Waals surface area contributed by atoms with Crippen molar-refractivity contribution in [2.45, 2.75) is 25.9 Å². The van der Waals surface area contributed by atoms with E-state index in [-0.39, 0.29) is 5.82 Å². The van der Waals surface area contributed by atoms with Gasteiger partial charge < -0.3 is 4.57 Å². The fourth-order valence-corrected chi connectivity index (χ4v) is 3.21. The van der Waals surface area contributed by atoms with Crippen LogP contribution in [0.3, 0.4) is 0 Å². The molecule has 0 unspecified atom stereocenters. The molecule has 0 bridgehead atoms. The van der Waals surface area contributed by atoms with Gasteiger partial charge in [-0.1, -0.05) is 18.2 Å². The SMILES string of the molecule is CN1CCn2c(CCc3ccccc3F)nc(Br)c2C1. The van der Waals surface area contributed by atoms with Crippen molar-refractivity contribution in [2.75, 3.05) is 13.6 Å². The van der Waals surface area contributed by atoms with Crippen molar-refractivity contribution in [3.05, 3.63) is 51.8 Å². The summed E-state index contributed by atoms with van der Waals surface area (Å²) in [4.78, 5) is 6.88. The molecule has 106 valence electrons. The van der Waals surface area contributed by atoms with Crippen LogP contribution in [-0.2, 0) is 25.9 Å². The Kier molecular flexibility index (Phi) is 3.89. The van der Waals surface area contributed by atoms with Crippen molar-refractivity contribution >= 4 is 15.9 Å². The van der Waals surface area contributed by atoms with Gasteiger partial charge in [0.2, 0.25) is 0 Å². The highest BCUT2D eigenvalue weighted by molar-refractivity contribution is 9.10. The van der Waals surface area contributed by atoms with Crippen molar-refractivity contribution in [3.63, 3.8) is 0 Å². The molecule has 20 heavy (non-hydrogen) atoms. The highest BCUT2D eigenvalue weighted by Crippen LogP contribution is 2.23. The number of hydrogen-bond donors (Lipinski definition) is 0. The lowest BCUT2D eigenvalue weighted by Crippen LogP contribution is -2.31. The maximum atomic E-state index is 13.6. The van der Waals surface area contributed by atoms with Crippen LogP contribution < -0.4 is 0 Å². The minimum atomic E-state index is -0.128. The van der Waals surface area contributed by atoms with Gasteiger partial charge in [-0.3, -0.25) is 4.90 Å². The molecule has 0 N–H and O–H groups in total. The van der Waals surface area contributed by atoms with Gasteiger partial charge in [-0.2, -0.15) is 0 Å². The van der Waals surface area contributed by atoms with E-state index in [2.05, 4.69) is 37.4 Å². The van der Waals surface area contributed by atoms with Crippen LogP contribution in [0.1, 0.15) is 17.1 Å². The lowest BCUT2D eigenvalue weighted by molar-refractivity contribution is 0.266. The van der Waals surface area contributed by atoms with E-state index >= 15 is 0 Å². The van der Waals surface area contributed by atoms with Crippen LogP contribution in [0.4, 0.5) is 4.39 Å². The molecule has 5 heteroatoms. The van der Waals surface area contributed by atoms with E-state index in [9.17, 15) is 4.39 Å². The third kappa shape index (κ3) is 2.65. The topological polar surface area (TPSA) is 21.1 Å². The first kappa shape index (κ1) is 13.8. The van der Waals surface area contributed by atoms with E-state index in [4.69, 9.17) is 0 Å². The van der Waals surface area contributed by atoms with Gasteiger partial charge in [-0.25, -0.2) is 9.37 Å². The molecule has 0 fully saturated rings. The van der Waals surface area contributed by atoms with Gasteiger partial charge in [-0.15, -0.1) is 0 Å². The van der Waals surface area contributed by atoms with Crippen LogP contribution in [0.5, 0.6) is 0 Å². The van der Waals surface area contributed by atoms with Gasteiger partial charge in [0, 0.05) is 26.1 Å². The summed E-state index contributed by atoms with van der Waals surface area (Å²) in [6.07, 6.45) is 1.45. The molecular formula is C15H17BrFN3. The second kappa shape index (κ2) is 5.66. The first-order chi connectivity index (χ1) is 9.65. The molecule has 1 aromatic heterocycles. The van der Waals surface area contributed by atoms with Gasteiger partial charge in [0.15, 0.2) is 0 Å². The van der Waals surface area contributed by atoms with E-state index in [1.807, 2.05) is 12.1 Å². The van der Waals surface area contributed by atoms with Gasteiger partial charge >= 0.3 is 0 Å². The van der Waals surface area contributed by atoms with Gasteiger partial charge in [-0.05, 0) is 41.0 Å². The number of benzene rings is 1. The Hall–Kier alpha value is -1.20. The van der Waals surface area contributed by atoms with Crippen molar-refractivity contribution in [1.82, 2.24) is 14.5 Å². The average molecular weight is 338 g/mol. The Bertz CT molecular complexity index is 624. The molecule has 0 radical (unpaired) electrons. The Morgan fingerprint density at radius 1 is 1.25 bits per heavy atom. The van der Waals surface area contributed by atoms with Crippen LogP contribution in [0.15, 0.2) is 28.9 Å². The quantitative estimate of drug-likeness (QED) is 0.858. The number of aromatic nitrogens is 2. The molecule has 3 rings (SSSR count). The Balaban J connectivity index is 1.79. The first-order valence-electron chi connectivity index (χ1n) is 6.81. The average Bonchev–Trinajstić information content (AvgIpc) is 2.74. The first-order valence-corrected chi connectivity index (χ1v) is 7.60. The number of halogens is 2. The van der Waals surface area contributed by atoms with Crippen molar-refractivity contribution in [3.8, 4) is 0 Å². The minimum absolute atomic E-state index is 0.128. The maximum Gasteiger partial charge on any atom is 0.128 e. The highest BCUT2D eigenvalue weighted by Gasteiger charge is 2.20. The van der Waals surface area contributed by atoms with E-state index in [1.54, 1.807) is 6.07 Å². The molecule has 0 saturated heterocycles. The summed E-state index contributed by atoms with van der Waals surface area (Å²) in [5, 5.41) is 0. The lowest BCUT2D eigenvalue weighted by Gasteiger charge is -2.25. The molecule has 3 nitrogen and oxygen atoms in total. The number of hydrogen-bond acceptors (Lipinski definition) is 2. The summed E-state index contributed by atoms with van der Waals surface area (Å²) in [6.45, 7) is 2.90. The molecule has 1 aromatic carbocycles. The van der Waals surface area contributed by atoms with Crippen LogP contribution in [0, 0.1) is 5.82 Å². The number of aryl methyl sites for hydroxylation is 2. The van der Waals surface area contributed by atoms with Crippen molar-refractivity contribution in [1.29, 1.82) is 0 Å². The fraction of sp³-hybridized carbons (Fsp3) is 0.400. The zero-order valence-electron chi connectivity index (χ0n) is 11.4. The number of imidazole rings is 1. The smallest absolute Gasteiger partial charge is 0.128 e. The van der Waals surface area contributed by atoms with E-state index in [0.29, 0.717) is 6.42 Å². The van der Waals surface area contributed by atoms with Crippen LogP contribution >= 0.6 is 15.9 Å². The van der Waals surface area contributed by atoms with Gasteiger partial charge in [0.05, 0.1) is 5.69 Å². The van der Waals surface area contributed by atoms with Crippen LogP contribution in [0.25, 0.3) is 0 Å². The number of rotatable bonds is 3. The predicted molar refractivity (Wildman–Crippen MR) is 80.1 cm³/mol. The second-order valence-corrected chi connectivity index (χ2v) is 6.00. The fourth-order valence-electron chi connectivity index (χ4n) is 2.66. The number of nitrogens with zero attached hydrogens (tertiary/aromatic N) is 3. The zero-order valence-corrected chi connectivity index (χ0v) is 13.0. The molecule has 2 aromatic rings. The van der Waals surface area contributed by atoms with Gasteiger partial charge in [0.25, 0.3) is 0 Å². The second-order valence-electron chi connectivity index (χ2n) is 5.25. The Morgan fingerprint density at radius 3 is 2.85 bits per heavy atom. The Labute approximate surface area is 126 Å². The third-order valence-corrected chi connectivity index (χ3v) is 4.44. The summed E-state index contributed by atoms with van der Waals surface area (Å²) in [7, 11) is 2.11. The monoisotopic (exact) mass is 337 g/mol. The predicted octanol–water partition coefficient (Wildman–Crippen LogP) is 3.02. The standard InChI is InChI=1S/C15H17BrFN3/c1-19-8-9-20-13(10-19)15(16)18-14(20)7-6-11-4-2-3-5-12(11)17/h2-5H,6-10H2,1H3. The molecule has 1 aliphatic heterocycles. The highest BCUT2D eigenvalue weighted by atomic mass is 79.9. The summed E-state index contributed by atoms with van der Waals surface area (Å²) >= 11 is 3.54. The van der Waals surface area contributed by atoms with E-state index in [0.717, 1.165) is 42.0 Å². The van der Waals surface area contributed by atoms with Crippen molar-refractivity contribution in [2.24, 2.45) is 0 Å². The molecule has 2 heterocycles. The van der Waals surface area contributed by atoms with Crippen LogP contribution in [-0.4, -0.2) is 28.0 Å². The molecular weight excluding hydrogens is 321 g/mol. The summed E-state index contributed by atoms with van der Waals surface area (Å²) < 4.78 is 16.8. The zero-order chi connectivity index (χ0) is 14.1. The summed E-state index contributed by atoms with van der Waals surface area (Å²) in [5.41, 5.74) is 1.98. The number of fused-ring (bicyclic) bond motifs is 1. The molecule has 1 aliphatic rings. The van der Waals surface area contributed by atoms with Crippen molar-refractivity contribution < 1.29 is 4.39 Å². The van der Waals surface area contributed by atoms with Crippen LogP contribution in [0.2, 0.25) is 0 Å². The van der Waals surface area contributed by atoms with Gasteiger partial charge in [0.1, 0.15) is 16.2 Å². The molecule has 0 amide bonds. The Morgan fingerprint density at radius 2 is 2.05 bits per heavy atom. The lowest BCUT2D eigenvalue weighted by atomic mass is 10.1. The minimum Gasteiger partial charge on any atom is -0.329 e. The third-order valence-electron chi connectivity index (χ3n) is 3.80. The molecule has 0 atom stereocenters. The number of likely N-dealkylation sites (N-methyl/N-ethyl adjacent to an activating group) is 1. The molecule has 0 aliphatic carbocycles. The molecule has 0 saturated carbocycles. The normalized spacial score (nSPS) is 15.3. The summed E-state index contributed by atoms with van der Waals surface area (Å²) in [5.74, 6) is 0.917. The van der Waals surface area contributed by atoms with E-state index in [1.165, 1.54) is 11.8 Å². The molecule has 0 spiro atoms. The maximum absolute atomic E-state index is 13.6. The summed E-state index contributed by atoms with van der Waals surface area (Å²) in [6, 6.07) is 6.96. The largest absolute Gasteiger partial charge is 0.329 e. The van der Waals surface area contributed by atoms with E-state index < -0.39 is 0 Å².